The predicted octanol–water partition coefficient (Wildman–Crippen LogP) is 4.70. The quantitative estimate of drug-likeness (QED) is 0.634. The largest absolute Gasteiger partial charge is 0.0958 e. The van der Waals surface area contributed by atoms with E-state index in [-0.39, 0.29) is 0 Å². The molecule has 0 aliphatic rings. The topological polar surface area (TPSA) is 0 Å². The van der Waals surface area contributed by atoms with Gasteiger partial charge >= 0.3 is 0 Å². The normalized spacial score (nSPS) is 9.94. The first-order valence-corrected chi connectivity index (χ1v) is 5.51. The third-order valence-electron chi connectivity index (χ3n) is 2.78. The van der Waals surface area contributed by atoms with E-state index in [0.29, 0.717) is 0 Å². The van der Waals surface area contributed by atoms with Gasteiger partial charge in [0, 0.05) is 0 Å². The van der Waals surface area contributed by atoms with Crippen molar-refractivity contribution in [1.82, 2.24) is 0 Å². The molecule has 0 heteroatoms. The summed E-state index contributed by atoms with van der Waals surface area (Å²) in [5.74, 6) is 0. The minimum Gasteiger partial charge on any atom is -0.0958 e. The molecule has 1 aromatic carbocycles. The molecule has 0 N–H and O–H groups in total. The summed E-state index contributed by atoms with van der Waals surface area (Å²) in [6.07, 6.45) is 0.871. The molecule has 0 saturated carbocycles. The Morgan fingerprint density at radius 2 is 1.75 bits per heavy atom. The Bertz CT molecular complexity index is 447. The van der Waals surface area contributed by atoms with E-state index >= 15 is 0 Å². The second-order valence-corrected chi connectivity index (χ2v) is 4.49. The lowest BCUT2D eigenvalue weighted by Crippen LogP contribution is -1.93. The molecule has 16 heavy (non-hydrogen) atoms. The number of hydrogen-bond acceptors (Lipinski definition) is 0. The molecule has 0 aromatic heterocycles. The maximum absolute atomic E-state index is 4.02. The summed E-state index contributed by atoms with van der Waals surface area (Å²) in [5.41, 5.74) is 7.05. The Morgan fingerprint density at radius 3 is 2.25 bits per heavy atom. The smallest absolute Gasteiger partial charge is 0.00290 e. The number of rotatable bonds is 4. The van der Waals surface area contributed by atoms with Crippen molar-refractivity contribution in [2.45, 2.75) is 27.2 Å². The van der Waals surface area contributed by atoms with Crippen LogP contribution in [0.15, 0.2) is 49.1 Å². The van der Waals surface area contributed by atoms with Crippen LogP contribution in [0.1, 0.15) is 30.5 Å². The number of aryl methyl sites for hydroxylation is 1. The van der Waals surface area contributed by atoms with Crippen LogP contribution in [0.25, 0.3) is 5.57 Å². The molecule has 0 amide bonds. The van der Waals surface area contributed by atoms with Gasteiger partial charge in [-0.3, -0.25) is 0 Å². The van der Waals surface area contributed by atoms with Crippen LogP contribution in [0, 0.1) is 6.92 Å². The number of benzene rings is 1. The molecule has 0 saturated heterocycles. The Kier molecular flexibility index (Phi) is 3.89. The van der Waals surface area contributed by atoms with E-state index in [9.17, 15) is 0 Å². The maximum atomic E-state index is 4.02. The van der Waals surface area contributed by atoms with Crippen LogP contribution in [0.2, 0.25) is 0 Å². The minimum atomic E-state index is 0.871. The molecular formula is C16H20. The first-order chi connectivity index (χ1) is 7.41. The molecule has 0 fully saturated rings. The molecule has 0 atom stereocenters. The van der Waals surface area contributed by atoms with Gasteiger partial charge in [0.15, 0.2) is 0 Å². The van der Waals surface area contributed by atoms with Gasteiger partial charge in [-0.05, 0) is 49.5 Å². The van der Waals surface area contributed by atoms with Gasteiger partial charge in [-0.1, -0.05) is 49.1 Å². The second-order valence-electron chi connectivity index (χ2n) is 4.49. The monoisotopic (exact) mass is 212 g/mol. The Morgan fingerprint density at radius 1 is 1.12 bits per heavy atom. The summed E-state index contributed by atoms with van der Waals surface area (Å²) < 4.78 is 0. The summed E-state index contributed by atoms with van der Waals surface area (Å²) in [6.45, 7) is 18.1. The highest BCUT2D eigenvalue weighted by atomic mass is 14.1. The summed E-state index contributed by atoms with van der Waals surface area (Å²) in [7, 11) is 0. The highest BCUT2D eigenvalue weighted by Gasteiger charge is 2.03. The van der Waals surface area contributed by atoms with Crippen LogP contribution in [0.4, 0.5) is 0 Å². The van der Waals surface area contributed by atoms with Gasteiger partial charge in [0.2, 0.25) is 0 Å². The van der Waals surface area contributed by atoms with E-state index in [1.807, 2.05) is 13.8 Å². The van der Waals surface area contributed by atoms with Gasteiger partial charge in [0.25, 0.3) is 0 Å². The average molecular weight is 212 g/mol. The average Bonchev–Trinajstić information content (AvgIpc) is 2.20. The van der Waals surface area contributed by atoms with Crippen molar-refractivity contribution < 1.29 is 0 Å². The molecule has 0 heterocycles. The van der Waals surface area contributed by atoms with Crippen LogP contribution < -0.4 is 0 Å². The summed E-state index contributed by atoms with van der Waals surface area (Å²) >= 11 is 0. The zero-order chi connectivity index (χ0) is 12.3. The van der Waals surface area contributed by atoms with Crippen LogP contribution in [-0.4, -0.2) is 0 Å². The molecule has 1 aromatic rings. The van der Waals surface area contributed by atoms with Gasteiger partial charge in [-0.2, -0.15) is 0 Å². The molecule has 0 aliphatic heterocycles. The maximum Gasteiger partial charge on any atom is -0.00290 e. The van der Waals surface area contributed by atoms with Gasteiger partial charge < -0.3 is 0 Å². The molecule has 0 nitrogen and oxygen atoms in total. The van der Waals surface area contributed by atoms with Gasteiger partial charge in [-0.15, -0.1) is 0 Å². The van der Waals surface area contributed by atoms with E-state index in [1.54, 1.807) is 0 Å². The second kappa shape index (κ2) is 4.98. The third kappa shape index (κ3) is 2.96. The summed E-state index contributed by atoms with van der Waals surface area (Å²) in [6, 6.07) is 6.49. The van der Waals surface area contributed by atoms with E-state index in [4.69, 9.17) is 0 Å². The highest BCUT2D eigenvalue weighted by molar-refractivity contribution is 5.65. The lowest BCUT2D eigenvalue weighted by atomic mass is 9.95. The standard InChI is InChI=1S/C16H20/c1-11(2)14(6)9-15-8-7-13(5)16(10-15)12(3)4/h7-8,10H,1,3,6,9H2,2,4-5H3. The van der Waals surface area contributed by atoms with E-state index in [2.05, 4.69) is 44.9 Å². The fraction of sp³-hybridized carbons (Fsp3) is 0.250. The summed E-state index contributed by atoms with van der Waals surface area (Å²) in [4.78, 5) is 0. The number of allylic oxidation sites excluding steroid dienone is 3. The van der Waals surface area contributed by atoms with E-state index in [1.165, 1.54) is 16.7 Å². The predicted molar refractivity (Wildman–Crippen MR) is 73.5 cm³/mol. The SMILES string of the molecule is C=C(C)C(=C)Cc1ccc(C)c(C(=C)C)c1. The Hall–Kier alpha value is -1.56. The molecule has 1 rings (SSSR count). The highest BCUT2D eigenvalue weighted by Crippen LogP contribution is 2.21. The Balaban J connectivity index is 3.00. The lowest BCUT2D eigenvalue weighted by molar-refractivity contribution is 1.15. The molecule has 0 unspecified atom stereocenters. The third-order valence-corrected chi connectivity index (χ3v) is 2.78. The lowest BCUT2D eigenvalue weighted by Gasteiger charge is -2.10. The zero-order valence-electron chi connectivity index (χ0n) is 10.6. The van der Waals surface area contributed by atoms with Gasteiger partial charge in [0.1, 0.15) is 0 Å². The first kappa shape index (κ1) is 12.5. The van der Waals surface area contributed by atoms with Gasteiger partial charge in [-0.25, -0.2) is 0 Å². The van der Waals surface area contributed by atoms with Crippen LogP contribution in [0.3, 0.4) is 0 Å². The molecule has 0 bridgehead atoms. The first-order valence-electron chi connectivity index (χ1n) is 5.51. The van der Waals surface area contributed by atoms with Crippen molar-refractivity contribution in [2.24, 2.45) is 0 Å². The fourth-order valence-corrected chi connectivity index (χ4v) is 1.64. The van der Waals surface area contributed by atoms with Crippen molar-refractivity contribution in [3.63, 3.8) is 0 Å². The molecular weight excluding hydrogens is 192 g/mol. The van der Waals surface area contributed by atoms with Crippen LogP contribution in [-0.2, 0) is 6.42 Å². The van der Waals surface area contributed by atoms with Crippen LogP contribution >= 0.6 is 0 Å². The fourth-order valence-electron chi connectivity index (χ4n) is 1.64. The summed E-state index contributed by atoms with van der Waals surface area (Å²) in [5, 5.41) is 0. The Labute approximate surface area is 99.0 Å². The van der Waals surface area contributed by atoms with Crippen LogP contribution in [0.5, 0.6) is 0 Å². The van der Waals surface area contributed by atoms with Gasteiger partial charge in [0.05, 0.1) is 0 Å². The zero-order valence-corrected chi connectivity index (χ0v) is 10.6. The molecule has 84 valence electrons. The van der Waals surface area contributed by atoms with E-state index in [0.717, 1.165) is 23.1 Å². The molecule has 0 aliphatic carbocycles. The molecule has 0 spiro atoms. The van der Waals surface area contributed by atoms with Crippen molar-refractivity contribution >= 4 is 5.57 Å². The van der Waals surface area contributed by atoms with Crippen molar-refractivity contribution in [1.29, 1.82) is 0 Å². The van der Waals surface area contributed by atoms with Crippen molar-refractivity contribution in [3.8, 4) is 0 Å². The van der Waals surface area contributed by atoms with Crippen molar-refractivity contribution in [2.75, 3.05) is 0 Å². The molecule has 0 radical (unpaired) electrons. The van der Waals surface area contributed by atoms with Crippen molar-refractivity contribution in [3.05, 3.63) is 65.8 Å². The van der Waals surface area contributed by atoms with E-state index < -0.39 is 0 Å². The number of hydrogen-bond donors (Lipinski definition) is 0. The minimum absolute atomic E-state index is 0.871.